The summed E-state index contributed by atoms with van der Waals surface area (Å²) in [6, 6.07) is 1.77. The van der Waals surface area contributed by atoms with Crippen molar-refractivity contribution >= 4 is 17.7 Å². The minimum atomic E-state index is -2.33. The van der Waals surface area contributed by atoms with Crippen molar-refractivity contribution in [3.8, 4) is 6.07 Å². The largest absolute Gasteiger partial charge is 0.447 e. The van der Waals surface area contributed by atoms with Crippen molar-refractivity contribution in [2.24, 2.45) is 34.5 Å². The molecule has 9 heteroatoms. The molecule has 0 aromatic rings. The maximum Gasteiger partial charge on any atom is 0.352 e. The average molecular weight is 578 g/mol. The van der Waals surface area contributed by atoms with E-state index in [4.69, 9.17) is 14.7 Å². The van der Waals surface area contributed by atoms with Crippen molar-refractivity contribution in [3.63, 3.8) is 0 Å². The lowest BCUT2D eigenvalue weighted by molar-refractivity contribution is -0.276. The molecule has 3 fully saturated rings. The number of ether oxygens (including phenoxy) is 2. The number of hydrogen-bond donors (Lipinski definition) is 1. The number of allylic oxidation sites excluding steroid dienone is 4. The number of alkyl halides is 2. The fraction of sp³-hybridized carbons (Fsp3) is 0.750. The lowest BCUT2D eigenvalue weighted by Crippen LogP contribution is -2.75. The van der Waals surface area contributed by atoms with Gasteiger partial charge in [-0.25, -0.2) is 13.6 Å². The van der Waals surface area contributed by atoms with E-state index in [0.29, 0.717) is 25.7 Å². The van der Waals surface area contributed by atoms with Crippen molar-refractivity contribution < 1.29 is 37.7 Å². The van der Waals surface area contributed by atoms with Crippen LogP contribution < -0.4 is 0 Å². The molecule has 0 amide bonds. The summed E-state index contributed by atoms with van der Waals surface area (Å²) in [5.41, 5.74) is -7.10. The third-order valence-corrected chi connectivity index (χ3v) is 10.6. The molecule has 4 rings (SSSR count). The molecule has 0 saturated heterocycles. The predicted octanol–water partition coefficient (Wildman–Crippen LogP) is 5.75. The summed E-state index contributed by atoms with van der Waals surface area (Å²) in [7, 11) is 0. The second kappa shape index (κ2) is 11.9. The minimum absolute atomic E-state index is 0.0143. The number of nitriles is 1. The Morgan fingerprint density at radius 2 is 1.83 bits per heavy atom. The van der Waals surface area contributed by atoms with Crippen LogP contribution in [0.5, 0.6) is 0 Å². The number of esters is 2. The molecule has 41 heavy (non-hydrogen) atoms. The monoisotopic (exact) mass is 577 g/mol. The highest BCUT2D eigenvalue weighted by Gasteiger charge is 2.77. The summed E-state index contributed by atoms with van der Waals surface area (Å²) in [6.07, 6.45) is 1.62. The van der Waals surface area contributed by atoms with E-state index in [9.17, 15) is 19.5 Å². The quantitative estimate of drug-likeness (QED) is 0.400. The van der Waals surface area contributed by atoms with Gasteiger partial charge in [-0.05, 0) is 69.1 Å². The van der Waals surface area contributed by atoms with Crippen LogP contribution in [0.3, 0.4) is 0 Å². The molecule has 0 spiro atoms. The van der Waals surface area contributed by atoms with E-state index in [-0.39, 0.29) is 18.4 Å². The molecule has 4 aliphatic carbocycles. The molecule has 0 radical (unpaired) electrons. The molecular weight excluding hydrogens is 532 g/mol. The molecule has 9 atom stereocenters. The highest BCUT2D eigenvalue weighted by molar-refractivity contribution is 6.01. The Kier molecular flexibility index (Phi) is 9.59. The standard InChI is InChI=1S/C30H39F2NO6.C2H6/c1-6-18(7-2)25(36)39-30(26(37)38-13-12-33)17(3)8-9-20-21-15-23(31)22-14-19(34)10-11-27(22,4)29(21,32)24(35)16-28(20,30)5;1-2/h10-11,14,17-18,20-21,23-24,35H,6-9,13,15-16H2,1-5H3;1-2H3/t17-,20+,21?,23+,24?,27?,28?,29+,30?;/m1./s1. The first-order valence-corrected chi connectivity index (χ1v) is 15.0. The lowest BCUT2D eigenvalue weighted by atomic mass is 9.39. The van der Waals surface area contributed by atoms with Gasteiger partial charge in [0.2, 0.25) is 5.60 Å². The number of halogens is 2. The predicted molar refractivity (Wildman–Crippen MR) is 149 cm³/mol. The molecule has 0 aromatic carbocycles. The molecule has 0 heterocycles. The van der Waals surface area contributed by atoms with Crippen molar-refractivity contribution in [2.75, 3.05) is 6.61 Å². The average Bonchev–Trinajstić information content (AvgIpc) is 2.94. The summed E-state index contributed by atoms with van der Waals surface area (Å²) < 4.78 is 44.8. The second-order valence-electron chi connectivity index (χ2n) is 12.2. The zero-order valence-corrected chi connectivity index (χ0v) is 25.3. The van der Waals surface area contributed by atoms with Crippen LogP contribution in [-0.2, 0) is 23.9 Å². The summed E-state index contributed by atoms with van der Waals surface area (Å²) in [6.45, 7) is 12.1. The van der Waals surface area contributed by atoms with Gasteiger partial charge in [-0.15, -0.1) is 0 Å². The zero-order valence-electron chi connectivity index (χ0n) is 25.3. The van der Waals surface area contributed by atoms with E-state index in [1.54, 1.807) is 19.9 Å². The van der Waals surface area contributed by atoms with Gasteiger partial charge in [-0.3, -0.25) is 9.59 Å². The Bertz CT molecular complexity index is 1140. The number of fused-ring (bicyclic) bond motifs is 5. The van der Waals surface area contributed by atoms with Crippen molar-refractivity contribution in [3.05, 3.63) is 23.8 Å². The Balaban J connectivity index is 0.00000226. The highest BCUT2D eigenvalue weighted by atomic mass is 19.1. The first-order valence-electron chi connectivity index (χ1n) is 15.0. The topological polar surface area (TPSA) is 114 Å². The summed E-state index contributed by atoms with van der Waals surface area (Å²) in [5, 5.41) is 20.8. The second-order valence-corrected chi connectivity index (χ2v) is 12.2. The van der Waals surface area contributed by atoms with Gasteiger partial charge in [0.25, 0.3) is 0 Å². The summed E-state index contributed by atoms with van der Waals surface area (Å²) in [4.78, 5) is 39.4. The highest BCUT2D eigenvalue weighted by Crippen LogP contribution is 2.70. The number of rotatable bonds is 6. The van der Waals surface area contributed by atoms with Gasteiger partial charge in [0.05, 0.1) is 12.0 Å². The van der Waals surface area contributed by atoms with E-state index in [2.05, 4.69) is 0 Å². The van der Waals surface area contributed by atoms with Crippen molar-refractivity contribution in [2.45, 2.75) is 111 Å². The molecule has 3 saturated carbocycles. The molecule has 0 aromatic heterocycles. The number of aliphatic hydroxyl groups excluding tert-OH is 1. The third kappa shape index (κ3) is 4.65. The number of aliphatic hydroxyl groups is 1. The van der Waals surface area contributed by atoms with Gasteiger partial charge in [0.15, 0.2) is 18.1 Å². The van der Waals surface area contributed by atoms with Gasteiger partial charge in [0, 0.05) is 22.7 Å². The van der Waals surface area contributed by atoms with Crippen LogP contribution in [-0.4, -0.2) is 53.0 Å². The SMILES string of the molecule is CC.CCC(CC)C(=O)OC1(C(=O)OCC#N)[C@H](C)CC[C@H]2C3C[C@H](F)C4=CC(=O)C=CC4(C)[C@@]3(F)C(O)CC21C. The van der Waals surface area contributed by atoms with Gasteiger partial charge < -0.3 is 14.6 Å². The van der Waals surface area contributed by atoms with Crippen LogP contribution in [0, 0.1) is 45.8 Å². The fourth-order valence-electron chi connectivity index (χ4n) is 8.47. The van der Waals surface area contributed by atoms with Crippen molar-refractivity contribution in [1.29, 1.82) is 5.26 Å². The van der Waals surface area contributed by atoms with Gasteiger partial charge in [0.1, 0.15) is 12.2 Å². The normalized spacial score (nSPS) is 41.0. The van der Waals surface area contributed by atoms with Crippen molar-refractivity contribution in [1.82, 2.24) is 0 Å². The van der Waals surface area contributed by atoms with Crippen LogP contribution in [0.1, 0.15) is 87.0 Å². The van der Waals surface area contributed by atoms with E-state index >= 15 is 8.78 Å². The minimum Gasteiger partial charge on any atom is -0.447 e. The van der Waals surface area contributed by atoms with Crippen LogP contribution in [0.25, 0.3) is 0 Å². The first-order chi connectivity index (χ1) is 19.3. The van der Waals surface area contributed by atoms with E-state index < -0.39 is 82.4 Å². The molecule has 228 valence electrons. The summed E-state index contributed by atoms with van der Waals surface area (Å²) >= 11 is 0. The van der Waals surface area contributed by atoms with E-state index in [1.165, 1.54) is 19.1 Å². The molecule has 0 aliphatic heterocycles. The van der Waals surface area contributed by atoms with Gasteiger partial charge in [-0.2, -0.15) is 5.26 Å². The third-order valence-electron chi connectivity index (χ3n) is 10.6. The molecule has 4 aliphatic rings. The van der Waals surface area contributed by atoms with Crippen LogP contribution in [0.15, 0.2) is 23.8 Å². The fourth-order valence-corrected chi connectivity index (χ4v) is 8.47. The molecular formula is C32H45F2NO6. The van der Waals surface area contributed by atoms with Crippen LogP contribution in [0.4, 0.5) is 8.78 Å². The Morgan fingerprint density at radius 3 is 2.41 bits per heavy atom. The number of carbonyl (C=O) groups excluding carboxylic acids is 3. The number of carbonyl (C=O) groups is 3. The maximum absolute atomic E-state index is 17.5. The van der Waals surface area contributed by atoms with E-state index in [1.807, 2.05) is 27.7 Å². The van der Waals surface area contributed by atoms with Crippen LogP contribution in [0.2, 0.25) is 0 Å². The lowest BCUT2D eigenvalue weighted by Gasteiger charge is -2.67. The van der Waals surface area contributed by atoms with Crippen LogP contribution >= 0.6 is 0 Å². The van der Waals surface area contributed by atoms with Gasteiger partial charge >= 0.3 is 11.9 Å². The number of nitrogens with zero attached hydrogens (tertiary/aromatic N) is 1. The molecule has 1 N–H and O–H groups in total. The van der Waals surface area contributed by atoms with Gasteiger partial charge in [-0.1, -0.05) is 47.6 Å². The molecule has 5 unspecified atom stereocenters. The van der Waals surface area contributed by atoms with E-state index in [0.717, 1.165) is 6.08 Å². The Morgan fingerprint density at radius 1 is 1.20 bits per heavy atom. The zero-order chi connectivity index (χ0) is 31.0. The summed E-state index contributed by atoms with van der Waals surface area (Å²) in [5.74, 6) is -4.67. The smallest absolute Gasteiger partial charge is 0.352 e. The Labute approximate surface area is 242 Å². The molecule has 7 nitrogen and oxygen atoms in total. The Hall–Kier alpha value is -2.60. The first kappa shape index (κ1) is 32.9. The number of hydrogen-bond acceptors (Lipinski definition) is 7. The number of ketones is 1. The maximum atomic E-state index is 17.5. The molecule has 0 bridgehead atoms.